The number of aromatic amines is 1. The highest BCUT2D eigenvalue weighted by molar-refractivity contribution is 9.10. The highest BCUT2D eigenvalue weighted by atomic mass is 79.9. The van der Waals surface area contributed by atoms with Crippen LogP contribution in [-0.2, 0) is 0 Å². The Kier molecular flexibility index (Phi) is 3.51. The van der Waals surface area contributed by atoms with E-state index >= 15 is 0 Å². The smallest absolute Gasteiger partial charge is 0.190 e. The van der Waals surface area contributed by atoms with Crippen LogP contribution in [0, 0.1) is 5.82 Å². The fourth-order valence-electron chi connectivity index (χ4n) is 2.17. The Hall–Kier alpha value is -2.14. The number of rotatable bonds is 2. The summed E-state index contributed by atoms with van der Waals surface area (Å²) in [5, 5.41) is 0.327. The molecule has 1 aromatic heterocycles. The van der Waals surface area contributed by atoms with Gasteiger partial charge in [0.1, 0.15) is 11.6 Å². The molecule has 0 fully saturated rings. The standard InChI is InChI=1S/C16H11BrFNO2/c1-21-10-4-2-9(3-5-10)14-8-16(20)11-6-13(18)12(17)7-15(11)19-14/h2-8H,1H3,(H,19,20). The van der Waals surface area contributed by atoms with Crippen molar-refractivity contribution in [2.45, 2.75) is 0 Å². The van der Waals surface area contributed by atoms with Crippen molar-refractivity contribution in [3.05, 3.63) is 63.0 Å². The molecule has 0 amide bonds. The fraction of sp³-hybridized carbons (Fsp3) is 0.0625. The Morgan fingerprint density at radius 1 is 1.14 bits per heavy atom. The van der Waals surface area contributed by atoms with Crippen LogP contribution in [0.5, 0.6) is 5.75 Å². The lowest BCUT2D eigenvalue weighted by atomic mass is 10.1. The maximum Gasteiger partial charge on any atom is 0.190 e. The van der Waals surface area contributed by atoms with Crippen LogP contribution in [0.15, 0.2) is 51.7 Å². The number of fused-ring (bicyclic) bond motifs is 1. The van der Waals surface area contributed by atoms with Gasteiger partial charge in [-0.3, -0.25) is 4.79 Å². The van der Waals surface area contributed by atoms with Gasteiger partial charge in [-0.25, -0.2) is 4.39 Å². The van der Waals surface area contributed by atoms with Crippen LogP contribution < -0.4 is 10.2 Å². The van der Waals surface area contributed by atoms with E-state index in [0.717, 1.165) is 11.3 Å². The molecule has 0 aliphatic rings. The molecule has 0 aliphatic heterocycles. The molecule has 3 aromatic rings. The molecule has 1 N–H and O–H groups in total. The number of nitrogens with one attached hydrogen (secondary N) is 1. The lowest BCUT2D eigenvalue weighted by Crippen LogP contribution is -2.03. The topological polar surface area (TPSA) is 42.1 Å². The van der Waals surface area contributed by atoms with Crippen LogP contribution in [0.2, 0.25) is 0 Å². The van der Waals surface area contributed by atoms with E-state index in [9.17, 15) is 9.18 Å². The Morgan fingerprint density at radius 3 is 2.52 bits per heavy atom. The first-order valence-corrected chi connectivity index (χ1v) is 7.04. The molecular weight excluding hydrogens is 337 g/mol. The zero-order chi connectivity index (χ0) is 15.0. The number of H-pyrrole nitrogens is 1. The second kappa shape index (κ2) is 5.33. The van der Waals surface area contributed by atoms with Crippen molar-refractivity contribution in [3.63, 3.8) is 0 Å². The van der Waals surface area contributed by atoms with Crippen molar-refractivity contribution < 1.29 is 9.13 Å². The van der Waals surface area contributed by atoms with Gasteiger partial charge in [-0.1, -0.05) is 0 Å². The van der Waals surface area contributed by atoms with Gasteiger partial charge in [0.2, 0.25) is 0 Å². The normalized spacial score (nSPS) is 10.8. The molecule has 3 nitrogen and oxygen atoms in total. The van der Waals surface area contributed by atoms with Gasteiger partial charge in [-0.15, -0.1) is 0 Å². The molecule has 106 valence electrons. The van der Waals surface area contributed by atoms with Crippen molar-refractivity contribution in [3.8, 4) is 17.0 Å². The Labute approximate surface area is 128 Å². The first-order valence-electron chi connectivity index (χ1n) is 6.25. The average Bonchev–Trinajstić information content (AvgIpc) is 2.49. The van der Waals surface area contributed by atoms with Gasteiger partial charge in [0.05, 0.1) is 17.1 Å². The Morgan fingerprint density at radius 2 is 1.86 bits per heavy atom. The highest BCUT2D eigenvalue weighted by Crippen LogP contribution is 2.24. The third-order valence-electron chi connectivity index (χ3n) is 3.27. The minimum absolute atomic E-state index is 0.221. The van der Waals surface area contributed by atoms with Crippen LogP contribution in [0.1, 0.15) is 0 Å². The molecule has 2 aromatic carbocycles. The van der Waals surface area contributed by atoms with Gasteiger partial charge in [0.15, 0.2) is 5.43 Å². The monoisotopic (exact) mass is 347 g/mol. The maximum absolute atomic E-state index is 13.5. The van der Waals surface area contributed by atoms with Gasteiger partial charge in [0, 0.05) is 17.1 Å². The van der Waals surface area contributed by atoms with Crippen molar-refractivity contribution in [2.75, 3.05) is 7.11 Å². The van der Waals surface area contributed by atoms with Crippen LogP contribution in [0.4, 0.5) is 4.39 Å². The van der Waals surface area contributed by atoms with E-state index in [-0.39, 0.29) is 5.43 Å². The number of pyridine rings is 1. The van der Waals surface area contributed by atoms with E-state index in [1.54, 1.807) is 13.2 Å². The van der Waals surface area contributed by atoms with Gasteiger partial charge >= 0.3 is 0 Å². The summed E-state index contributed by atoms with van der Waals surface area (Å²) < 4.78 is 18.9. The number of aromatic nitrogens is 1. The first kappa shape index (κ1) is 13.8. The second-order valence-electron chi connectivity index (χ2n) is 4.59. The molecule has 21 heavy (non-hydrogen) atoms. The van der Waals surface area contributed by atoms with Crippen LogP contribution in [0.3, 0.4) is 0 Å². The van der Waals surface area contributed by atoms with Crippen LogP contribution >= 0.6 is 15.9 Å². The molecule has 0 spiro atoms. The number of hydrogen-bond donors (Lipinski definition) is 1. The molecule has 0 saturated heterocycles. The summed E-state index contributed by atoms with van der Waals surface area (Å²) in [7, 11) is 1.60. The summed E-state index contributed by atoms with van der Waals surface area (Å²) in [4.78, 5) is 15.3. The van der Waals surface area contributed by atoms with Crippen molar-refractivity contribution in [1.29, 1.82) is 0 Å². The SMILES string of the molecule is COc1ccc(-c2cc(=O)c3cc(F)c(Br)cc3[nH]2)cc1. The van der Waals surface area contributed by atoms with Crippen molar-refractivity contribution in [2.24, 2.45) is 0 Å². The molecule has 0 saturated carbocycles. The summed E-state index contributed by atoms with van der Waals surface area (Å²) in [6.07, 6.45) is 0. The lowest BCUT2D eigenvalue weighted by molar-refractivity contribution is 0.415. The molecule has 0 radical (unpaired) electrons. The highest BCUT2D eigenvalue weighted by Gasteiger charge is 2.08. The quantitative estimate of drug-likeness (QED) is 0.758. The van der Waals surface area contributed by atoms with Gasteiger partial charge < -0.3 is 9.72 Å². The summed E-state index contributed by atoms with van der Waals surface area (Å²) in [6.45, 7) is 0. The average molecular weight is 348 g/mol. The van der Waals surface area contributed by atoms with Crippen LogP contribution in [-0.4, -0.2) is 12.1 Å². The molecule has 1 heterocycles. The summed E-state index contributed by atoms with van der Waals surface area (Å²) in [6, 6.07) is 11.6. The van der Waals surface area contributed by atoms with E-state index in [4.69, 9.17) is 4.74 Å². The maximum atomic E-state index is 13.5. The van der Waals surface area contributed by atoms with E-state index in [2.05, 4.69) is 20.9 Å². The Bertz CT molecular complexity index is 872. The molecule has 0 unspecified atom stereocenters. The number of benzene rings is 2. The molecule has 0 atom stereocenters. The molecule has 0 aliphatic carbocycles. The predicted molar refractivity (Wildman–Crippen MR) is 84.2 cm³/mol. The number of ether oxygens (including phenoxy) is 1. The van der Waals surface area contributed by atoms with E-state index in [1.165, 1.54) is 12.1 Å². The largest absolute Gasteiger partial charge is 0.497 e. The van der Waals surface area contributed by atoms with E-state index < -0.39 is 5.82 Å². The van der Waals surface area contributed by atoms with Crippen molar-refractivity contribution >= 4 is 26.8 Å². The summed E-state index contributed by atoms with van der Waals surface area (Å²) in [5.74, 6) is 0.289. The second-order valence-corrected chi connectivity index (χ2v) is 5.44. The minimum atomic E-state index is -0.454. The molecule has 0 bridgehead atoms. The fourth-order valence-corrected chi connectivity index (χ4v) is 2.51. The summed E-state index contributed by atoms with van der Waals surface area (Å²) >= 11 is 3.13. The van der Waals surface area contributed by atoms with E-state index in [0.29, 0.717) is 21.1 Å². The predicted octanol–water partition coefficient (Wildman–Crippen LogP) is 4.11. The lowest BCUT2D eigenvalue weighted by Gasteiger charge is -2.07. The molecule has 3 rings (SSSR count). The zero-order valence-electron chi connectivity index (χ0n) is 11.1. The minimum Gasteiger partial charge on any atom is -0.497 e. The van der Waals surface area contributed by atoms with Gasteiger partial charge in [-0.2, -0.15) is 0 Å². The third-order valence-corrected chi connectivity index (χ3v) is 3.88. The van der Waals surface area contributed by atoms with E-state index in [1.807, 2.05) is 24.3 Å². The zero-order valence-corrected chi connectivity index (χ0v) is 12.7. The van der Waals surface area contributed by atoms with Gasteiger partial charge in [-0.05, 0) is 57.9 Å². The number of halogens is 2. The summed E-state index contributed by atoms with van der Waals surface area (Å²) in [5.41, 5.74) is 1.89. The first-order chi connectivity index (χ1) is 10.1. The number of hydrogen-bond acceptors (Lipinski definition) is 2. The molecular formula is C16H11BrFNO2. The van der Waals surface area contributed by atoms with Gasteiger partial charge in [0.25, 0.3) is 0 Å². The number of methoxy groups -OCH3 is 1. The van der Waals surface area contributed by atoms with Crippen LogP contribution in [0.25, 0.3) is 22.2 Å². The van der Waals surface area contributed by atoms with Crippen molar-refractivity contribution in [1.82, 2.24) is 4.98 Å². The Balaban J connectivity index is 2.19. The molecule has 5 heteroatoms. The third kappa shape index (κ3) is 2.56.